The SMILES string of the molecule is CCCCCCCCCCCCCCCCC(C)CC(C(=O)[O-])C(C)C(=O)NCCC[N+](C)(C)C. The minimum atomic E-state index is -1.09. The third kappa shape index (κ3) is 20.8. The summed E-state index contributed by atoms with van der Waals surface area (Å²) >= 11 is 0. The fourth-order valence-electron chi connectivity index (χ4n) is 4.85. The maximum absolute atomic E-state index is 12.5. The smallest absolute Gasteiger partial charge is 0.223 e. The van der Waals surface area contributed by atoms with E-state index in [1.165, 1.54) is 83.5 Å². The van der Waals surface area contributed by atoms with E-state index >= 15 is 0 Å². The fraction of sp³-hybridized carbons (Fsp3) is 0.933. The standard InChI is InChI=1S/C30H60N2O3/c1-7-8-9-10-11-12-13-14-15-16-17-18-19-20-22-26(2)25-28(30(34)35)27(3)29(33)31-23-21-24-32(4,5)6/h26-28H,7-25H2,1-6H3,(H-,31,33,34,35). The van der Waals surface area contributed by atoms with Gasteiger partial charge in [-0.3, -0.25) is 4.79 Å². The first kappa shape index (κ1) is 33.9. The largest absolute Gasteiger partial charge is 0.550 e. The van der Waals surface area contributed by atoms with Crippen molar-refractivity contribution in [3.63, 3.8) is 0 Å². The third-order valence-electron chi connectivity index (χ3n) is 7.33. The highest BCUT2D eigenvalue weighted by molar-refractivity contribution is 5.83. The molecular weight excluding hydrogens is 436 g/mol. The van der Waals surface area contributed by atoms with Crippen LogP contribution in [0.4, 0.5) is 0 Å². The first-order valence-electron chi connectivity index (χ1n) is 14.9. The topological polar surface area (TPSA) is 69.2 Å². The van der Waals surface area contributed by atoms with Gasteiger partial charge in [-0.2, -0.15) is 0 Å². The molecule has 0 aliphatic carbocycles. The highest BCUT2D eigenvalue weighted by Crippen LogP contribution is 2.24. The number of unbranched alkanes of at least 4 members (excludes halogenated alkanes) is 13. The molecule has 35 heavy (non-hydrogen) atoms. The molecule has 0 radical (unpaired) electrons. The van der Waals surface area contributed by atoms with E-state index in [-0.39, 0.29) is 5.91 Å². The highest BCUT2D eigenvalue weighted by atomic mass is 16.4. The van der Waals surface area contributed by atoms with Crippen molar-refractivity contribution in [3.05, 3.63) is 0 Å². The van der Waals surface area contributed by atoms with Gasteiger partial charge in [0.05, 0.1) is 27.7 Å². The molecule has 1 N–H and O–H groups in total. The summed E-state index contributed by atoms with van der Waals surface area (Å²) in [5.41, 5.74) is 0. The lowest BCUT2D eigenvalue weighted by Crippen LogP contribution is -2.43. The molecule has 0 bridgehead atoms. The Balaban J connectivity index is 3.89. The number of hydrogen-bond acceptors (Lipinski definition) is 3. The van der Waals surface area contributed by atoms with Gasteiger partial charge in [0, 0.05) is 30.8 Å². The van der Waals surface area contributed by atoms with Gasteiger partial charge in [-0.1, -0.05) is 117 Å². The molecule has 0 saturated heterocycles. The van der Waals surface area contributed by atoms with Crippen molar-refractivity contribution in [2.45, 2.75) is 130 Å². The number of carboxylic acid groups (broad SMARTS) is 1. The Morgan fingerprint density at radius 1 is 0.743 bits per heavy atom. The zero-order chi connectivity index (χ0) is 26.5. The molecule has 0 aliphatic heterocycles. The van der Waals surface area contributed by atoms with E-state index in [0.29, 0.717) is 18.9 Å². The number of nitrogens with zero attached hydrogens (tertiary/aromatic N) is 1. The molecule has 0 heterocycles. The normalized spacial score (nSPS) is 14.5. The molecule has 0 rings (SSSR count). The Labute approximate surface area is 218 Å². The molecule has 1 amide bonds. The summed E-state index contributed by atoms with van der Waals surface area (Å²) in [6, 6.07) is 0. The summed E-state index contributed by atoms with van der Waals surface area (Å²) in [5.74, 6) is -2.22. The number of carboxylic acids is 1. The molecule has 0 aromatic carbocycles. The highest BCUT2D eigenvalue weighted by Gasteiger charge is 2.26. The van der Waals surface area contributed by atoms with Crippen molar-refractivity contribution >= 4 is 11.9 Å². The molecule has 208 valence electrons. The van der Waals surface area contributed by atoms with Crippen molar-refractivity contribution in [2.75, 3.05) is 34.2 Å². The molecule has 0 spiro atoms. The molecule has 3 atom stereocenters. The summed E-state index contributed by atoms with van der Waals surface area (Å²) < 4.78 is 0.851. The van der Waals surface area contributed by atoms with Crippen LogP contribution in [0, 0.1) is 17.8 Å². The molecule has 5 heteroatoms. The van der Waals surface area contributed by atoms with Gasteiger partial charge < -0.3 is 19.7 Å². The second-order valence-corrected chi connectivity index (χ2v) is 12.1. The van der Waals surface area contributed by atoms with E-state index < -0.39 is 17.8 Å². The van der Waals surface area contributed by atoms with Crippen LogP contribution >= 0.6 is 0 Å². The molecule has 5 nitrogen and oxygen atoms in total. The van der Waals surface area contributed by atoms with Crippen LogP contribution in [0.3, 0.4) is 0 Å². The molecule has 0 aromatic rings. The van der Waals surface area contributed by atoms with E-state index in [1.807, 2.05) is 0 Å². The number of nitrogens with one attached hydrogen (secondary N) is 1. The van der Waals surface area contributed by atoms with Gasteiger partial charge in [-0.05, 0) is 12.3 Å². The molecule has 0 aromatic heterocycles. The molecule has 0 aliphatic rings. The summed E-state index contributed by atoms with van der Waals surface area (Å²) in [6.07, 6.45) is 21.3. The van der Waals surface area contributed by atoms with Crippen molar-refractivity contribution in [3.8, 4) is 0 Å². The van der Waals surface area contributed by atoms with Crippen LogP contribution in [-0.2, 0) is 9.59 Å². The summed E-state index contributed by atoms with van der Waals surface area (Å²) in [6.45, 7) is 7.67. The summed E-state index contributed by atoms with van der Waals surface area (Å²) in [4.78, 5) is 24.2. The summed E-state index contributed by atoms with van der Waals surface area (Å²) in [5, 5.41) is 14.7. The lowest BCUT2D eigenvalue weighted by atomic mass is 9.83. The monoisotopic (exact) mass is 496 g/mol. The second kappa shape index (κ2) is 21.0. The zero-order valence-corrected chi connectivity index (χ0v) is 24.3. The van der Waals surface area contributed by atoms with Gasteiger partial charge in [0.1, 0.15) is 0 Å². The maximum atomic E-state index is 12.5. The minimum absolute atomic E-state index is 0.163. The Hall–Kier alpha value is -1.10. The molecule has 0 fully saturated rings. The minimum Gasteiger partial charge on any atom is -0.550 e. The van der Waals surface area contributed by atoms with Crippen molar-refractivity contribution in [1.29, 1.82) is 0 Å². The predicted molar refractivity (Wildman–Crippen MR) is 147 cm³/mol. The second-order valence-electron chi connectivity index (χ2n) is 12.1. The van der Waals surface area contributed by atoms with E-state index in [2.05, 4.69) is 40.3 Å². The van der Waals surface area contributed by atoms with Gasteiger partial charge in [0.15, 0.2) is 0 Å². The first-order chi connectivity index (χ1) is 16.6. The van der Waals surface area contributed by atoms with Crippen LogP contribution in [0.15, 0.2) is 0 Å². The van der Waals surface area contributed by atoms with Crippen molar-refractivity contribution < 1.29 is 19.2 Å². The van der Waals surface area contributed by atoms with E-state index in [0.717, 1.165) is 30.3 Å². The first-order valence-corrected chi connectivity index (χ1v) is 14.9. The van der Waals surface area contributed by atoms with Gasteiger partial charge in [-0.25, -0.2) is 0 Å². The number of carbonyl (C=O) groups excluding carboxylic acids is 2. The summed E-state index contributed by atoms with van der Waals surface area (Å²) in [7, 11) is 6.36. The van der Waals surface area contributed by atoms with Crippen molar-refractivity contribution in [2.24, 2.45) is 17.8 Å². The predicted octanol–water partition coefficient (Wildman–Crippen LogP) is 6.10. The lowest BCUT2D eigenvalue weighted by Gasteiger charge is -2.27. The lowest BCUT2D eigenvalue weighted by molar-refractivity contribution is -0.870. The number of rotatable bonds is 24. The fourth-order valence-corrected chi connectivity index (χ4v) is 4.85. The van der Waals surface area contributed by atoms with Crippen LogP contribution < -0.4 is 10.4 Å². The van der Waals surface area contributed by atoms with Gasteiger partial charge in [-0.15, -0.1) is 0 Å². The van der Waals surface area contributed by atoms with E-state index in [4.69, 9.17) is 0 Å². The van der Waals surface area contributed by atoms with Crippen LogP contribution in [0.1, 0.15) is 130 Å². The Bertz CT molecular complexity index is 530. The van der Waals surface area contributed by atoms with E-state index in [1.54, 1.807) is 6.92 Å². The number of hydrogen-bond donors (Lipinski definition) is 1. The van der Waals surface area contributed by atoms with Crippen LogP contribution in [0.5, 0.6) is 0 Å². The third-order valence-corrected chi connectivity index (χ3v) is 7.33. The molecule has 3 unspecified atom stereocenters. The number of carbonyl (C=O) groups is 2. The number of aliphatic carboxylic acids is 1. The van der Waals surface area contributed by atoms with Crippen LogP contribution in [-0.4, -0.2) is 50.6 Å². The Morgan fingerprint density at radius 3 is 1.63 bits per heavy atom. The maximum Gasteiger partial charge on any atom is 0.223 e. The van der Waals surface area contributed by atoms with Crippen LogP contribution in [0.25, 0.3) is 0 Å². The zero-order valence-electron chi connectivity index (χ0n) is 24.3. The number of quaternary nitrogens is 1. The quantitative estimate of drug-likeness (QED) is 0.130. The average Bonchev–Trinajstić information content (AvgIpc) is 2.79. The molecular formula is C30H60N2O3. The number of amides is 1. The van der Waals surface area contributed by atoms with Gasteiger partial charge in [0.25, 0.3) is 0 Å². The van der Waals surface area contributed by atoms with Gasteiger partial charge in [0.2, 0.25) is 5.91 Å². The molecule has 0 saturated carbocycles. The van der Waals surface area contributed by atoms with E-state index in [9.17, 15) is 14.7 Å². The van der Waals surface area contributed by atoms with Crippen molar-refractivity contribution in [1.82, 2.24) is 5.32 Å². The Morgan fingerprint density at radius 2 is 1.20 bits per heavy atom. The van der Waals surface area contributed by atoms with Crippen LogP contribution in [0.2, 0.25) is 0 Å². The Kier molecular flexibility index (Phi) is 20.4. The average molecular weight is 497 g/mol. The van der Waals surface area contributed by atoms with Gasteiger partial charge >= 0.3 is 0 Å².